The van der Waals surface area contributed by atoms with Crippen LogP contribution in [0.15, 0.2) is 45.4 Å². The molecule has 28 heavy (non-hydrogen) atoms. The molecule has 1 fully saturated rings. The number of aliphatic hydroxyl groups is 1. The van der Waals surface area contributed by atoms with E-state index in [1.165, 1.54) is 22.3 Å². The Morgan fingerprint density at radius 2 is 2.14 bits per heavy atom. The minimum absolute atomic E-state index is 0.0118. The molecule has 4 rings (SSSR count). The molecular formula is C20H21NO6S. The number of rotatable bonds is 5. The summed E-state index contributed by atoms with van der Waals surface area (Å²) >= 11 is 1.50. The molecule has 1 amide bonds. The van der Waals surface area contributed by atoms with Gasteiger partial charge in [0.05, 0.1) is 24.8 Å². The topological polar surface area (TPSA) is 89.2 Å². The van der Waals surface area contributed by atoms with Gasteiger partial charge in [0.2, 0.25) is 5.78 Å². The van der Waals surface area contributed by atoms with Crippen LogP contribution in [0.2, 0.25) is 0 Å². The van der Waals surface area contributed by atoms with Gasteiger partial charge in [0.1, 0.15) is 11.9 Å². The van der Waals surface area contributed by atoms with Crippen molar-refractivity contribution in [2.75, 3.05) is 6.61 Å². The molecular weight excluding hydrogens is 382 g/mol. The summed E-state index contributed by atoms with van der Waals surface area (Å²) in [6.45, 7) is 5.73. The van der Waals surface area contributed by atoms with Crippen molar-refractivity contribution in [1.29, 1.82) is 0 Å². The lowest BCUT2D eigenvalue weighted by molar-refractivity contribution is -0.149. The van der Waals surface area contributed by atoms with Crippen LogP contribution in [-0.4, -0.2) is 46.2 Å². The van der Waals surface area contributed by atoms with E-state index in [9.17, 15) is 14.7 Å². The summed E-state index contributed by atoms with van der Waals surface area (Å²) in [5, 5.41) is 12.5. The predicted octanol–water partition coefficient (Wildman–Crippen LogP) is 3.21. The maximum atomic E-state index is 13.1. The Hall–Kier alpha value is -2.42. The quantitative estimate of drug-likeness (QED) is 0.771. The number of carbonyl (C=O) groups is 2. The SMILES string of the molecule is Cc1ccc(C(=O)C2=C(O)C(=O)N(Cc3cccs3)C2C2COC(C)(C)O2)o1. The summed E-state index contributed by atoms with van der Waals surface area (Å²) in [6, 6.07) is 6.22. The highest BCUT2D eigenvalue weighted by Crippen LogP contribution is 2.37. The summed E-state index contributed by atoms with van der Waals surface area (Å²) in [4.78, 5) is 28.4. The Morgan fingerprint density at radius 3 is 2.71 bits per heavy atom. The third-order valence-corrected chi connectivity index (χ3v) is 5.71. The second kappa shape index (κ2) is 6.88. The minimum Gasteiger partial charge on any atom is -0.503 e. The number of thiophene rings is 1. The fourth-order valence-corrected chi connectivity index (χ4v) is 4.31. The number of ether oxygens (including phenoxy) is 2. The van der Waals surface area contributed by atoms with Gasteiger partial charge in [0, 0.05) is 4.88 Å². The summed E-state index contributed by atoms with van der Waals surface area (Å²) in [5.41, 5.74) is -0.0118. The maximum absolute atomic E-state index is 13.1. The Balaban J connectivity index is 1.73. The van der Waals surface area contributed by atoms with Crippen LogP contribution in [0.25, 0.3) is 0 Å². The molecule has 2 aliphatic heterocycles. The normalized spacial score (nSPS) is 24.4. The number of nitrogens with zero attached hydrogens (tertiary/aromatic N) is 1. The number of aliphatic hydroxyl groups excluding tert-OH is 1. The number of aryl methyl sites for hydroxylation is 1. The van der Waals surface area contributed by atoms with Crippen LogP contribution in [0, 0.1) is 6.92 Å². The van der Waals surface area contributed by atoms with Gasteiger partial charge in [0.25, 0.3) is 5.91 Å². The first kappa shape index (κ1) is 18.9. The standard InChI is InChI=1S/C20H21NO6S/c1-11-6-7-13(26-11)17(22)15-16(14-10-25-20(2,3)27-14)21(19(24)18(15)23)9-12-5-4-8-28-12/h4-8,14,16,23H,9-10H2,1-3H3. The van der Waals surface area contributed by atoms with Crippen LogP contribution in [0.1, 0.15) is 35.0 Å². The minimum atomic E-state index is -0.837. The third kappa shape index (κ3) is 3.28. The average Bonchev–Trinajstić information content (AvgIpc) is 3.40. The molecule has 2 unspecified atom stereocenters. The van der Waals surface area contributed by atoms with Gasteiger partial charge >= 0.3 is 0 Å². The van der Waals surface area contributed by atoms with Crippen molar-refractivity contribution in [3.05, 3.63) is 57.4 Å². The van der Waals surface area contributed by atoms with Gasteiger partial charge in [0.15, 0.2) is 17.3 Å². The van der Waals surface area contributed by atoms with Crippen LogP contribution < -0.4 is 0 Å². The van der Waals surface area contributed by atoms with Crippen LogP contribution >= 0.6 is 11.3 Å². The van der Waals surface area contributed by atoms with Crippen molar-refractivity contribution in [3.63, 3.8) is 0 Å². The molecule has 2 atom stereocenters. The zero-order valence-electron chi connectivity index (χ0n) is 15.8. The van der Waals surface area contributed by atoms with Crippen LogP contribution in [0.4, 0.5) is 0 Å². The number of amides is 1. The lowest BCUT2D eigenvalue weighted by Crippen LogP contribution is -2.45. The van der Waals surface area contributed by atoms with E-state index in [-0.39, 0.29) is 24.5 Å². The van der Waals surface area contributed by atoms with Crippen molar-refractivity contribution in [3.8, 4) is 0 Å². The highest BCUT2D eigenvalue weighted by Gasteiger charge is 2.51. The van der Waals surface area contributed by atoms with Crippen molar-refractivity contribution in [2.24, 2.45) is 0 Å². The predicted molar refractivity (Wildman–Crippen MR) is 101 cm³/mol. The molecule has 1 N–H and O–H groups in total. The number of Topliss-reactive ketones (excluding diaryl/α,β-unsaturated/α-hetero) is 1. The summed E-state index contributed by atoms with van der Waals surface area (Å²) in [6.07, 6.45) is -0.585. The Labute approximate surface area is 166 Å². The molecule has 0 aromatic carbocycles. The molecule has 8 heteroatoms. The van der Waals surface area contributed by atoms with E-state index in [0.717, 1.165) is 4.88 Å². The maximum Gasteiger partial charge on any atom is 0.290 e. The number of carbonyl (C=O) groups excluding carboxylic acids is 2. The Morgan fingerprint density at radius 1 is 1.36 bits per heavy atom. The van der Waals surface area contributed by atoms with E-state index in [1.54, 1.807) is 26.8 Å². The van der Waals surface area contributed by atoms with Gasteiger partial charge in [-0.1, -0.05) is 6.07 Å². The fourth-order valence-electron chi connectivity index (χ4n) is 3.60. The third-order valence-electron chi connectivity index (χ3n) is 4.85. The van der Waals surface area contributed by atoms with E-state index in [0.29, 0.717) is 5.76 Å². The Kier molecular flexibility index (Phi) is 4.65. The van der Waals surface area contributed by atoms with Gasteiger partial charge in [-0.15, -0.1) is 11.3 Å². The van der Waals surface area contributed by atoms with Gasteiger partial charge in [-0.2, -0.15) is 0 Å². The van der Waals surface area contributed by atoms with E-state index < -0.39 is 35.4 Å². The smallest absolute Gasteiger partial charge is 0.290 e. The second-order valence-corrected chi connectivity index (χ2v) is 8.36. The van der Waals surface area contributed by atoms with Gasteiger partial charge in [-0.3, -0.25) is 9.59 Å². The monoisotopic (exact) mass is 403 g/mol. The zero-order valence-corrected chi connectivity index (χ0v) is 16.6. The average molecular weight is 403 g/mol. The summed E-state index contributed by atoms with van der Waals surface area (Å²) < 4.78 is 17.1. The van der Waals surface area contributed by atoms with E-state index in [2.05, 4.69) is 0 Å². The molecule has 2 aromatic rings. The van der Waals surface area contributed by atoms with Crippen LogP contribution in [0.3, 0.4) is 0 Å². The summed E-state index contributed by atoms with van der Waals surface area (Å²) in [5.74, 6) is -1.87. The molecule has 1 saturated heterocycles. The molecule has 0 radical (unpaired) electrons. The number of hydrogen-bond donors (Lipinski definition) is 1. The fraction of sp³-hybridized carbons (Fsp3) is 0.400. The molecule has 4 heterocycles. The molecule has 2 aliphatic rings. The van der Waals surface area contributed by atoms with Crippen molar-refractivity contribution < 1.29 is 28.6 Å². The molecule has 0 spiro atoms. The molecule has 0 saturated carbocycles. The van der Waals surface area contributed by atoms with Gasteiger partial charge < -0.3 is 23.9 Å². The van der Waals surface area contributed by atoms with Gasteiger partial charge in [-0.25, -0.2) is 0 Å². The zero-order chi connectivity index (χ0) is 20.1. The largest absolute Gasteiger partial charge is 0.503 e. The van der Waals surface area contributed by atoms with E-state index in [1.807, 2.05) is 17.5 Å². The summed E-state index contributed by atoms with van der Waals surface area (Å²) in [7, 11) is 0. The van der Waals surface area contributed by atoms with Gasteiger partial charge in [-0.05, 0) is 44.4 Å². The first-order valence-corrected chi connectivity index (χ1v) is 9.84. The molecule has 0 aliphatic carbocycles. The lowest BCUT2D eigenvalue weighted by atomic mass is 9.97. The second-order valence-electron chi connectivity index (χ2n) is 7.33. The van der Waals surface area contributed by atoms with E-state index in [4.69, 9.17) is 13.9 Å². The van der Waals surface area contributed by atoms with Crippen LogP contribution in [0.5, 0.6) is 0 Å². The molecule has 148 valence electrons. The molecule has 0 bridgehead atoms. The number of hydrogen-bond acceptors (Lipinski definition) is 7. The van der Waals surface area contributed by atoms with Crippen LogP contribution in [-0.2, 0) is 20.8 Å². The van der Waals surface area contributed by atoms with Crippen molar-refractivity contribution in [1.82, 2.24) is 4.90 Å². The van der Waals surface area contributed by atoms with Crippen molar-refractivity contribution in [2.45, 2.75) is 45.2 Å². The van der Waals surface area contributed by atoms with E-state index >= 15 is 0 Å². The highest BCUT2D eigenvalue weighted by atomic mass is 32.1. The molecule has 7 nitrogen and oxygen atoms in total. The first-order chi connectivity index (χ1) is 13.3. The highest BCUT2D eigenvalue weighted by molar-refractivity contribution is 7.09. The first-order valence-electron chi connectivity index (χ1n) is 8.96. The Bertz CT molecular complexity index is 942. The number of furan rings is 1. The van der Waals surface area contributed by atoms with Crippen molar-refractivity contribution >= 4 is 23.0 Å². The number of ketones is 1. The lowest BCUT2D eigenvalue weighted by Gasteiger charge is -2.30. The molecule has 2 aromatic heterocycles.